The average molecular weight is 476 g/mol. The fourth-order valence-corrected chi connectivity index (χ4v) is 5.26. The van der Waals surface area contributed by atoms with Crippen LogP contribution in [0, 0.1) is 11.3 Å². The summed E-state index contributed by atoms with van der Waals surface area (Å²) >= 11 is 0. The third-order valence-corrected chi connectivity index (χ3v) is 7.62. The summed E-state index contributed by atoms with van der Waals surface area (Å²) in [7, 11) is 0. The van der Waals surface area contributed by atoms with Crippen molar-refractivity contribution in [2.24, 2.45) is 17.1 Å². The topological polar surface area (TPSA) is 64.7 Å². The van der Waals surface area contributed by atoms with Crippen LogP contribution in [0.25, 0.3) is 21.9 Å². The molecule has 188 valence electrons. The second-order valence-electron chi connectivity index (χ2n) is 11.4. The highest BCUT2D eigenvalue weighted by molar-refractivity contribution is 6.00. The molecule has 0 radical (unpaired) electrons. The smallest absolute Gasteiger partial charge is 0.128 e. The van der Waals surface area contributed by atoms with Gasteiger partial charge in [0.15, 0.2) is 0 Å². The molecule has 3 aromatic carbocycles. The first kappa shape index (κ1) is 25.5. The molecule has 1 saturated carbocycles. The quantitative estimate of drug-likeness (QED) is 0.384. The van der Waals surface area contributed by atoms with E-state index in [4.69, 9.17) is 15.2 Å². The molecule has 0 aromatic heterocycles. The number of nitrogens with two attached hydrogens (primary N) is 1. The Kier molecular flexibility index (Phi) is 7.44. The molecule has 0 bridgehead atoms. The number of benzene rings is 3. The Bertz CT molecular complexity index is 1140. The average Bonchev–Trinajstić information content (AvgIpc) is 2.84. The van der Waals surface area contributed by atoms with E-state index in [0.29, 0.717) is 12.0 Å². The molecule has 0 spiro atoms. The predicted molar refractivity (Wildman–Crippen MR) is 145 cm³/mol. The van der Waals surface area contributed by atoms with Gasteiger partial charge < -0.3 is 20.3 Å². The highest BCUT2D eigenvalue weighted by atomic mass is 16.5. The van der Waals surface area contributed by atoms with Crippen LogP contribution < -0.4 is 15.2 Å². The van der Waals surface area contributed by atoms with Crippen molar-refractivity contribution in [1.82, 2.24) is 0 Å². The highest BCUT2D eigenvalue weighted by Crippen LogP contribution is 2.42. The maximum atomic E-state index is 9.76. The van der Waals surface area contributed by atoms with Crippen LogP contribution in [0.4, 0.5) is 0 Å². The van der Waals surface area contributed by atoms with Gasteiger partial charge in [-0.25, -0.2) is 0 Å². The standard InChI is InChI=1S/C31H41NO3/c1-6-34-25-13-7-21(8-14-25)29-27-17-12-24(31(5,32)20-33)19-22(27)9-18-28(29)35-26-15-10-23(11-16-26)30(2,3)4/h7-9,12-14,17-19,23,26,33H,6,10-11,15-16,20,32H2,1-5H3. The maximum Gasteiger partial charge on any atom is 0.128 e. The SMILES string of the molecule is CCOc1ccc(-c2c(OC3CCC(C(C)(C)C)CC3)ccc3cc(C(C)(N)CO)ccc23)cc1. The van der Waals surface area contributed by atoms with E-state index in [1.165, 1.54) is 12.8 Å². The van der Waals surface area contributed by atoms with Gasteiger partial charge in [0.05, 0.1) is 24.9 Å². The lowest BCUT2D eigenvalue weighted by Crippen LogP contribution is -2.36. The fraction of sp³-hybridized carbons (Fsp3) is 0.484. The number of hydrogen-bond donors (Lipinski definition) is 2. The Morgan fingerprint density at radius 2 is 1.60 bits per heavy atom. The van der Waals surface area contributed by atoms with Crippen molar-refractivity contribution in [3.8, 4) is 22.6 Å². The van der Waals surface area contributed by atoms with Gasteiger partial charge in [-0.3, -0.25) is 0 Å². The lowest BCUT2D eigenvalue weighted by molar-refractivity contribution is 0.0887. The molecule has 1 aliphatic carbocycles. The Morgan fingerprint density at radius 3 is 2.20 bits per heavy atom. The van der Waals surface area contributed by atoms with Crippen molar-refractivity contribution >= 4 is 10.8 Å². The molecule has 1 aliphatic rings. The molecule has 3 aromatic rings. The number of ether oxygens (including phenoxy) is 2. The third-order valence-electron chi connectivity index (χ3n) is 7.62. The largest absolute Gasteiger partial charge is 0.494 e. The molecule has 0 aliphatic heterocycles. The zero-order chi connectivity index (χ0) is 25.2. The van der Waals surface area contributed by atoms with E-state index in [9.17, 15) is 5.11 Å². The molecule has 0 amide bonds. The Balaban J connectivity index is 1.72. The minimum absolute atomic E-state index is 0.108. The van der Waals surface area contributed by atoms with Crippen LogP contribution in [0.3, 0.4) is 0 Å². The van der Waals surface area contributed by atoms with Crippen molar-refractivity contribution in [3.63, 3.8) is 0 Å². The molecular formula is C31H41NO3. The van der Waals surface area contributed by atoms with Gasteiger partial charge in [0.25, 0.3) is 0 Å². The van der Waals surface area contributed by atoms with Crippen LogP contribution in [0.15, 0.2) is 54.6 Å². The van der Waals surface area contributed by atoms with E-state index >= 15 is 0 Å². The van der Waals surface area contributed by atoms with Gasteiger partial charge in [-0.2, -0.15) is 0 Å². The molecule has 4 nitrogen and oxygen atoms in total. The molecule has 3 N–H and O–H groups in total. The van der Waals surface area contributed by atoms with Crippen LogP contribution in [0.2, 0.25) is 0 Å². The van der Waals surface area contributed by atoms with Crippen LogP contribution >= 0.6 is 0 Å². The van der Waals surface area contributed by atoms with Crippen molar-refractivity contribution in [1.29, 1.82) is 0 Å². The molecule has 0 saturated heterocycles. The second kappa shape index (κ2) is 10.2. The van der Waals surface area contributed by atoms with Crippen LogP contribution in [-0.2, 0) is 5.54 Å². The maximum absolute atomic E-state index is 9.76. The molecular weight excluding hydrogens is 434 g/mol. The lowest BCUT2D eigenvalue weighted by atomic mass is 9.72. The summed E-state index contributed by atoms with van der Waals surface area (Å²) in [5, 5.41) is 12.0. The summed E-state index contributed by atoms with van der Waals surface area (Å²) < 4.78 is 12.4. The number of aliphatic hydroxyl groups is 1. The second-order valence-corrected chi connectivity index (χ2v) is 11.4. The molecule has 1 unspecified atom stereocenters. The minimum atomic E-state index is -0.783. The Labute approximate surface area is 210 Å². The minimum Gasteiger partial charge on any atom is -0.494 e. The van der Waals surface area contributed by atoms with E-state index in [0.717, 1.165) is 57.7 Å². The van der Waals surface area contributed by atoms with E-state index in [1.807, 2.05) is 32.0 Å². The molecule has 1 atom stereocenters. The van der Waals surface area contributed by atoms with Crippen LogP contribution in [-0.4, -0.2) is 24.4 Å². The van der Waals surface area contributed by atoms with Gasteiger partial charge in [-0.15, -0.1) is 0 Å². The first-order valence-electron chi connectivity index (χ1n) is 13.0. The van der Waals surface area contributed by atoms with Gasteiger partial charge in [-0.05, 0) is 97.0 Å². The summed E-state index contributed by atoms with van der Waals surface area (Å²) in [4.78, 5) is 0. The summed E-state index contributed by atoms with van der Waals surface area (Å²) in [5.74, 6) is 2.54. The zero-order valence-electron chi connectivity index (χ0n) is 21.9. The Morgan fingerprint density at radius 1 is 0.914 bits per heavy atom. The van der Waals surface area contributed by atoms with Gasteiger partial charge in [-0.1, -0.05) is 51.1 Å². The number of rotatable bonds is 7. The van der Waals surface area contributed by atoms with Gasteiger partial charge in [0.1, 0.15) is 11.5 Å². The lowest BCUT2D eigenvalue weighted by Gasteiger charge is -2.37. The van der Waals surface area contributed by atoms with Gasteiger partial charge >= 0.3 is 0 Å². The normalized spacial score (nSPS) is 20.4. The number of aliphatic hydroxyl groups excluding tert-OH is 1. The number of hydrogen-bond acceptors (Lipinski definition) is 4. The van der Waals surface area contributed by atoms with Crippen LogP contribution in [0.5, 0.6) is 11.5 Å². The van der Waals surface area contributed by atoms with E-state index in [2.05, 4.69) is 57.2 Å². The Hall–Kier alpha value is -2.56. The van der Waals surface area contributed by atoms with E-state index in [-0.39, 0.29) is 12.7 Å². The first-order chi connectivity index (χ1) is 16.6. The zero-order valence-corrected chi connectivity index (χ0v) is 21.9. The summed E-state index contributed by atoms with van der Waals surface area (Å²) in [6, 6.07) is 18.7. The molecule has 1 fully saturated rings. The first-order valence-corrected chi connectivity index (χ1v) is 13.0. The molecule has 4 heteroatoms. The van der Waals surface area contributed by atoms with E-state index < -0.39 is 5.54 Å². The summed E-state index contributed by atoms with van der Waals surface area (Å²) in [6.07, 6.45) is 4.82. The van der Waals surface area contributed by atoms with Crippen molar-refractivity contribution in [3.05, 3.63) is 60.2 Å². The van der Waals surface area contributed by atoms with Crippen LogP contribution in [0.1, 0.15) is 65.9 Å². The third kappa shape index (κ3) is 5.65. The molecule has 0 heterocycles. The van der Waals surface area contributed by atoms with Crippen molar-refractivity contribution < 1.29 is 14.6 Å². The van der Waals surface area contributed by atoms with Gasteiger partial charge in [0.2, 0.25) is 0 Å². The summed E-state index contributed by atoms with van der Waals surface area (Å²) in [5.41, 5.74) is 9.01. The highest BCUT2D eigenvalue weighted by Gasteiger charge is 2.31. The summed E-state index contributed by atoms with van der Waals surface area (Å²) in [6.45, 7) is 11.4. The fourth-order valence-electron chi connectivity index (χ4n) is 5.26. The van der Waals surface area contributed by atoms with Gasteiger partial charge in [0, 0.05) is 5.56 Å². The van der Waals surface area contributed by atoms with Crippen molar-refractivity contribution in [2.45, 2.75) is 71.9 Å². The number of fused-ring (bicyclic) bond motifs is 1. The van der Waals surface area contributed by atoms with Crippen molar-refractivity contribution in [2.75, 3.05) is 13.2 Å². The molecule has 35 heavy (non-hydrogen) atoms. The monoisotopic (exact) mass is 475 g/mol. The predicted octanol–water partition coefficient (Wildman–Crippen LogP) is 7.06. The van der Waals surface area contributed by atoms with E-state index in [1.54, 1.807) is 0 Å². The molecule has 4 rings (SSSR count).